The van der Waals surface area contributed by atoms with Crippen LogP contribution in [0.4, 0.5) is 0 Å². The van der Waals surface area contributed by atoms with Crippen LogP contribution in [0.25, 0.3) is 10.9 Å². The van der Waals surface area contributed by atoms with E-state index in [-0.39, 0.29) is 11.6 Å². The second-order valence-electron chi connectivity index (χ2n) is 10.3. The minimum Gasteiger partial charge on any atom is -0.497 e. The second kappa shape index (κ2) is 10.9. The highest BCUT2D eigenvalue weighted by Gasteiger charge is 2.34. The van der Waals surface area contributed by atoms with Crippen LogP contribution in [0.1, 0.15) is 66.0 Å². The lowest BCUT2D eigenvalue weighted by Crippen LogP contribution is -2.35. The number of nitrogens with one attached hydrogen (secondary N) is 1. The number of aryl methyl sites for hydroxylation is 1. The molecule has 200 valence electrons. The van der Waals surface area contributed by atoms with Crippen LogP contribution in [0, 0.1) is 6.92 Å². The van der Waals surface area contributed by atoms with Crippen molar-refractivity contribution in [2.45, 2.75) is 57.8 Å². The molecule has 1 atom stereocenters. The standard InChI is InChI=1S/C30H32N6O3/c1-20-9-12-22-17-26(30(37)31-27(22)16-20)28(29-32-33-34-36(29)23-6-3-4-7-23)35(19-25-8-5-15-39-25)18-21-10-13-24(38-2)14-11-21/h5,8-17,23,28H,3-4,6-7,18-19H2,1-2H3,(H,31,37)/t28-/m0/s1. The maximum atomic E-state index is 13.8. The van der Waals surface area contributed by atoms with E-state index in [1.165, 1.54) is 0 Å². The minimum absolute atomic E-state index is 0.154. The van der Waals surface area contributed by atoms with Gasteiger partial charge in [-0.3, -0.25) is 9.69 Å². The molecule has 0 radical (unpaired) electrons. The van der Waals surface area contributed by atoms with Crippen LogP contribution in [-0.2, 0) is 13.1 Å². The third kappa shape index (κ3) is 5.22. The Hall–Kier alpha value is -4.24. The molecule has 1 aliphatic carbocycles. The molecule has 6 rings (SSSR count). The first kappa shape index (κ1) is 25.1. The van der Waals surface area contributed by atoms with Gasteiger partial charge in [0.05, 0.1) is 26.0 Å². The topological polar surface area (TPSA) is 102 Å². The number of fused-ring (bicyclic) bond motifs is 1. The number of tetrazole rings is 1. The van der Waals surface area contributed by atoms with E-state index in [1.807, 2.05) is 66.2 Å². The molecule has 0 bridgehead atoms. The average molecular weight is 525 g/mol. The smallest absolute Gasteiger partial charge is 0.253 e. The van der Waals surface area contributed by atoms with E-state index in [1.54, 1.807) is 13.4 Å². The van der Waals surface area contributed by atoms with E-state index in [2.05, 4.69) is 31.5 Å². The van der Waals surface area contributed by atoms with Crippen molar-refractivity contribution in [2.75, 3.05) is 7.11 Å². The van der Waals surface area contributed by atoms with Gasteiger partial charge in [0.1, 0.15) is 17.6 Å². The second-order valence-corrected chi connectivity index (χ2v) is 10.3. The van der Waals surface area contributed by atoms with Gasteiger partial charge in [0.15, 0.2) is 5.82 Å². The van der Waals surface area contributed by atoms with Gasteiger partial charge >= 0.3 is 0 Å². The van der Waals surface area contributed by atoms with Crippen molar-refractivity contribution in [3.63, 3.8) is 0 Å². The van der Waals surface area contributed by atoms with Crippen LogP contribution in [-0.4, -0.2) is 37.2 Å². The zero-order valence-electron chi connectivity index (χ0n) is 22.2. The number of benzene rings is 2. The summed E-state index contributed by atoms with van der Waals surface area (Å²) in [5.41, 5.74) is 3.41. The maximum Gasteiger partial charge on any atom is 0.253 e. The van der Waals surface area contributed by atoms with E-state index in [9.17, 15) is 4.79 Å². The molecule has 0 amide bonds. The van der Waals surface area contributed by atoms with Crippen LogP contribution in [0.3, 0.4) is 0 Å². The van der Waals surface area contributed by atoms with Gasteiger partial charge in [-0.15, -0.1) is 5.10 Å². The zero-order chi connectivity index (χ0) is 26.8. The number of pyridine rings is 1. The summed E-state index contributed by atoms with van der Waals surface area (Å²) >= 11 is 0. The Labute approximate surface area is 226 Å². The van der Waals surface area contributed by atoms with E-state index < -0.39 is 6.04 Å². The normalized spacial score (nSPS) is 14.8. The molecule has 39 heavy (non-hydrogen) atoms. The molecule has 5 aromatic rings. The summed E-state index contributed by atoms with van der Waals surface area (Å²) in [5, 5.41) is 14.1. The Bertz CT molecular complexity index is 1600. The van der Waals surface area contributed by atoms with Crippen molar-refractivity contribution >= 4 is 10.9 Å². The lowest BCUT2D eigenvalue weighted by Gasteiger charge is -2.31. The molecular formula is C30H32N6O3. The van der Waals surface area contributed by atoms with E-state index in [0.29, 0.717) is 24.5 Å². The van der Waals surface area contributed by atoms with Crippen molar-refractivity contribution in [1.29, 1.82) is 0 Å². The fraction of sp³-hybridized carbons (Fsp3) is 0.333. The predicted molar refractivity (Wildman–Crippen MR) is 147 cm³/mol. The summed E-state index contributed by atoms with van der Waals surface area (Å²) in [4.78, 5) is 19.1. The Balaban J connectivity index is 1.51. The van der Waals surface area contributed by atoms with Gasteiger partial charge in [0.25, 0.3) is 5.56 Å². The first-order valence-electron chi connectivity index (χ1n) is 13.4. The monoisotopic (exact) mass is 524 g/mol. The largest absolute Gasteiger partial charge is 0.497 e. The van der Waals surface area contributed by atoms with Gasteiger partial charge in [-0.2, -0.15) is 0 Å². The van der Waals surface area contributed by atoms with Gasteiger partial charge in [0.2, 0.25) is 0 Å². The highest BCUT2D eigenvalue weighted by Crippen LogP contribution is 2.35. The molecule has 1 saturated carbocycles. The summed E-state index contributed by atoms with van der Waals surface area (Å²) in [6, 6.07) is 19.6. The molecule has 1 aliphatic rings. The number of ether oxygens (including phenoxy) is 1. The first-order valence-corrected chi connectivity index (χ1v) is 13.4. The number of hydrogen-bond acceptors (Lipinski definition) is 7. The Morgan fingerprint density at radius 2 is 1.92 bits per heavy atom. The highest BCUT2D eigenvalue weighted by molar-refractivity contribution is 5.79. The quantitative estimate of drug-likeness (QED) is 0.278. The highest BCUT2D eigenvalue weighted by atomic mass is 16.5. The minimum atomic E-state index is -0.512. The van der Waals surface area contributed by atoms with Crippen molar-refractivity contribution in [1.82, 2.24) is 30.1 Å². The molecule has 3 heterocycles. The fourth-order valence-electron chi connectivity index (χ4n) is 5.63. The number of nitrogens with zero attached hydrogens (tertiary/aromatic N) is 5. The van der Waals surface area contributed by atoms with E-state index in [0.717, 1.165) is 59.2 Å². The summed E-state index contributed by atoms with van der Waals surface area (Å²) in [7, 11) is 1.66. The zero-order valence-corrected chi connectivity index (χ0v) is 22.2. The van der Waals surface area contributed by atoms with Crippen LogP contribution >= 0.6 is 0 Å². The van der Waals surface area contributed by atoms with Crippen molar-refractivity contribution < 1.29 is 9.15 Å². The fourth-order valence-corrected chi connectivity index (χ4v) is 5.63. The molecule has 0 saturated heterocycles. The Morgan fingerprint density at radius 3 is 2.67 bits per heavy atom. The van der Waals surface area contributed by atoms with Crippen molar-refractivity contribution in [3.8, 4) is 5.75 Å². The number of aromatic amines is 1. The molecule has 9 nitrogen and oxygen atoms in total. The van der Waals surface area contributed by atoms with Crippen LogP contribution in [0.5, 0.6) is 5.75 Å². The summed E-state index contributed by atoms with van der Waals surface area (Å²) in [6.07, 6.45) is 6.01. The molecular weight excluding hydrogens is 492 g/mol. The van der Waals surface area contributed by atoms with Gasteiger partial charge in [-0.1, -0.05) is 37.1 Å². The molecule has 9 heteroatoms. The maximum absolute atomic E-state index is 13.8. The van der Waals surface area contributed by atoms with Crippen LogP contribution in [0.15, 0.2) is 76.1 Å². The lowest BCUT2D eigenvalue weighted by molar-refractivity contribution is 0.176. The van der Waals surface area contributed by atoms with Crippen molar-refractivity contribution in [3.05, 3.63) is 106 Å². The molecule has 0 aliphatic heterocycles. The van der Waals surface area contributed by atoms with Gasteiger partial charge in [-0.25, -0.2) is 4.68 Å². The number of furan rings is 1. The number of H-pyrrole nitrogens is 1. The van der Waals surface area contributed by atoms with E-state index in [4.69, 9.17) is 9.15 Å². The average Bonchev–Trinajstić information content (AvgIpc) is 3.73. The Morgan fingerprint density at radius 1 is 1.10 bits per heavy atom. The number of methoxy groups -OCH3 is 1. The number of aromatic nitrogens is 5. The molecule has 0 spiro atoms. The summed E-state index contributed by atoms with van der Waals surface area (Å²) in [6.45, 7) is 3.02. The Kier molecular flexibility index (Phi) is 6.98. The van der Waals surface area contributed by atoms with E-state index >= 15 is 0 Å². The summed E-state index contributed by atoms with van der Waals surface area (Å²) < 4.78 is 13.1. The molecule has 0 unspecified atom stereocenters. The van der Waals surface area contributed by atoms with Crippen molar-refractivity contribution in [2.24, 2.45) is 0 Å². The van der Waals surface area contributed by atoms with Gasteiger partial charge < -0.3 is 14.1 Å². The SMILES string of the molecule is COc1ccc(CN(Cc2ccco2)[C@@H](c2cc3ccc(C)cc3[nH]c2=O)c2nnnn2C2CCCC2)cc1. The summed E-state index contributed by atoms with van der Waals surface area (Å²) in [5.74, 6) is 2.25. The predicted octanol–water partition coefficient (Wildman–Crippen LogP) is 5.33. The number of hydrogen-bond donors (Lipinski definition) is 1. The molecule has 2 aromatic carbocycles. The van der Waals surface area contributed by atoms with Crippen LogP contribution in [0.2, 0.25) is 0 Å². The molecule has 1 fully saturated rings. The molecule has 3 aromatic heterocycles. The van der Waals surface area contributed by atoms with Crippen LogP contribution < -0.4 is 10.3 Å². The first-order chi connectivity index (χ1) is 19.1. The third-order valence-electron chi connectivity index (χ3n) is 7.61. The number of rotatable bonds is 9. The molecule has 1 N–H and O–H groups in total. The van der Waals surface area contributed by atoms with Gasteiger partial charge in [0, 0.05) is 17.6 Å². The lowest BCUT2D eigenvalue weighted by atomic mass is 10.0. The van der Waals surface area contributed by atoms with Gasteiger partial charge in [-0.05, 0) is 83.1 Å². The third-order valence-corrected chi connectivity index (χ3v) is 7.61.